The van der Waals surface area contributed by atoms with Crippen molar-refractivity contribution in [2.45, 2.75) is 18.9 Å². The Morgan fingerprint density at radius 2 is 2.10 bits per heavy atom. The maximum absolute atomic E-state index is 12.5. The minimum absolute atomic E-state index is 0.0346. The fourth-order valence-electron chi connectivity index (χ4n) is 2.45. The van der Waals surface area contributed by atoms with Crippen LogP contribution in [0.15, 0.2) is 18.2 Å². The molecule has 2 aliphatic rings. The zero-order chi connectivity index (χ0) is 14.3. The molecular weight excluding hydrogens is 280 g/mol. The second-order valence-electron chi connectivity index (χ2n) is 5.13. The number of rotatable bonds is 3. The number of nitrogens with zero attached hydrogens (tertiary/aromatic N) is 1. The summed E-state index contributed by atoms with van der Waals surface area (Å²) in [5.74, 6) is 0.584. The van der Waals surface area contributed by atoms with Crippen molar-refractivity contribution in [1.82, 2.24) is 5.32 Å². The molecule has 1 heterocycles. The Bertz CT molecular complexity index is 572. The molecule has 1 unspecified atom stereocenters. The summed E-state index contributed by atoms with van der Waals surface area (Å²) < 4.78 is 5.15. The predicted molar refractivity (Wildman–Crippen MR) is 75.0 cm³/mol. The minimum Gasteiger partial charge on any atom is -0.495 e. The molecule has 0 radical (unpaired) electrons. The van der Waals surface area contributed by atoms with E-state index in [2.05, 4.69) is 5.32 Å². The van der Waals surface area contributed by atoms with Crippen LogP contribution < -0.4 is 15.0 Å². The predicted octanol–water partition coefficient (Wildman–Crippen LogP) is 1.59. The lowest BCUT2D eigenvalue weighted by Crippen LogP contribution is -2.59. The Labute approximate surface area is 121 Å². The molecule has 3 rings (SSSR count). The molecule has 0 aromatic heterocycles. The second kappa shape index (κ2) is 4.98. The number of hydrogen-bond acceptors (Lipinski definition) is 3. The van der Waals surface area contributed by atoms with Gasteiger partial charge in [0.05, 0.1) is 12.1 Å². The minimum atomic E-state index is -0.391. The number of carbonyl (C=O) groups is 2. The molecule has 0 spiro atoms. The lowest BCUT2D eigenvalue weighted by atomic mass is 10.1. The summed E-state index contributed by atoms with van der Waals surface area (Å²) in [6.07, 6.45) is 1.99. The zero-order valence-electron chi connectivity index (χ0n) is 11.1. The van der Waals surface area contributed by atoms with Gasteiger partial charge in [0.1, 0.15) is 18.3 Å². The average molecular weight is 295 g/mol. The summed E-state index contributed by atoms with van der Waals surface area (Å²) in [5, 5.41) is 3.26. The quantitative estimate of drug-likeness (QED) is 0.921. The summed E-state index contributed by atoms with van der Waals surface area (Å²) in [6, 6.07) is 4.69. The molecule has 2 fully saturated rings. The Balaban J connectivity index is 1.91. The molecule has 1 saturated heterocycles. The largest absolute Gasteiger partial charge is 0.495 e. The average Bonchev–Trinajstić information content (AvgIpc) is 3.26. The Hall–Kier alpha value is -1.75. The van der Waals surface area contributed by atoms with E-state index in [0.29, 0.717) is 16.5 Å². The number of nitrogens with one attached hydrogen (secondary N) is 1. The van der Waals surface area contributed by atoms with Crippen LogP contribution in [0.2, 0.25) is 5.02 Å². The number of carbonyl (C=O) groups excluding carboxylic acids is 2. The van der Waals surface area contributed by atoms with E-state index in [1.165, 1.54) is 12.0 Å². The van der Waals surface area contributed by atoms with Crippen molar-refractivity contribution in [2.24, 2.45) is 5.92 Å². The molecule has 1 aromatic rings. The topological polar surface area (TPSA) is 58.6 Å². The van der Waals surface area contributed by atoms with E-state index in [1.54, 1.807) is 18.2 Å². The van der Waals surface area contributed by atoms with Gasteiger partial charge in [0.2, 0.25) is 11.8 Å². The second-order valence-corrected chi connectivity index (χ2v) is 5.53. The van der Waals surface area contributed by atoms with Crippen molar-refractivity contribution in [3.05, 3.63) is 23.2 Å². The maximum atomic E-state index is 12.5. The first kappa shape index (κ1) is 13.2. The number of ether oxygens (including phenoxy) is 1. The van der Waals surface area contributed by atoms with Gasteiger partial charge >= 0.3 is 0 Å². The number of methoxy groups -OCH3 is 1. The lowest BCUT2D eigenvalue weighted by Gasteiger charge is -2.32. The lowest BCUT2D eigenvalue weighted by molar-refractivity contribution is -0.131. The first-order valence-corrected chi connectivity index (χ1v) is 6.92. The van der Waals surface area contributed by atoms with Crippen LogP contribution >= 0.6 is 11.6 Å². The summed E-state index contributed by atoms with van der Waals surface area (Å²) in [5.41, 5.74) is 0.636. The van der Waals surface area contributed by atoms with E-state index >= 15 is 0 Å². The van der Waals surface area contributed by atoms with Crippen LogP contribution in [-0.4, -0.2) is 31.5 Å². The molecule has 1 aliphatic heterocycles. The highest BCUT2D eigenvalue weighted by Gasteiger charge is 2.43. The number of halogens is 1. The zero-order valence-corrected chi connectivity index (χ0v) is 11.8. The molecule has 20 heavy (non-hydrogen) atoms. The Kier molecular flexibility index (Phi) is 3.30. The number of anilines is 1. The molecule has 5 nitrogen and oxygen atoms in total. The van der Waals surface area contributed by atoms with Gasteiger partial charge in [-0.1, -0.05) is 11.6 Å². The van der Waals surface area contributed by atoms with E-state index in [9.17, 15) is 9.59 Å². The molecule has 1 saturated carbocycles. The monoisotopic (exact) mass is 294 g/mol. The maximum Gasteiger partial charge on any atom is 0.250 e. The molecule has 2 amide bonds. The van der Waals surface area contributed by atoms with Crippen molar-refractivity contribution in [3.63, 3.8) is 0 Å². The van der Waals surface area contributed by atoms with Crippen LogP contribution in [-0.2, 0) is 9.59 Å². The normalized spacial score (nSPS) is 22.7. The van der Waals surface area contributed by atoms with Crippen molar-refractivity contribution >= 4 is 29.1 Å². The number of amides is 2. The van der Waals surface area contributed by atoms with E-state index in [0.717, 1.165) is 12.8 Å². The van der Waals surface area contributed by atoms with Crippen LogP contribution in [0.5, 0.6) is 5.75 Å². The van der Waals surface area contributed by atoms with Crippen LogP contribution in [0.4, 0.5) is 5.69 Å². The van der Waals surface area contributed by atoms with E-state index in [4.69, 9.17) is 16.3 Å². The van der Waals surface area contributed by atoms with E-state index in [1.807, 2.05) is 0 Å². The van der Waals surface area contributed by atoms with E-state index in [-0.39, 0.29) is 24.3 Å². The summed E-state index contributed by atoms with van der Waals surface area (Å²) in [4.78, 5) is 25.8. The third kappa shape index (κ3) is 2.33. The van der Waals surface area contributed by atoms with Crippen molar-refractivity contribution < 1.29 is 14.3 Å². The Morgan fingerprint density at radius 1 is 1.35 bits per heavy atom. The van der Waals surface area contributed by atoms with Crippen LogP contribution in [0.1, 0.15) is 12.8 Å². The van der Waals surface area contributed by atoms with Crippen molar-refractivity contribution in [3.8, 4) is 5.75 Å². The fourth-order valence-corrected chi connectivity index (χ4v) is 2.65. The van der Waals surface area contributed by atoms with Gasteiger partial charge in [-0.15, -0.1) is 0 Å². The van der Waals surface area contributed by atoms with Gasteiger partial charge in [0, 0.05) is 11.8 Å². The molecule has 0 bridgehead atoms. The smallest absolute Gasteiger partial charge is 0.250 e. The highest BCUT2D eigenvalue weighted by atomic mass is 35.5. The van der Waals surface area contributed by atoms with Gasteiger partial charge in [-0.05, 0) is 30.9 Å². The Morgan fingerprint density at radius 3 is 2.75 bits per heavy atom. The summed E-state index contributed by atoms with van der Waals surface area (Å²) in [7, 11) is 1.52. The molecule has 1 aliphatic carbocycles. The molecule has 1 atom stereocenters. The SMILES string of the molecule is COc1cc(N2CC(=O)NC(C3CC3)C2=O)ccc1Cl. The van der Waals surface area contributed by atoms with Gasteiger partial charge in [-0.2, -0.15) is 0 Å². The van der Waals surface area contributed by atoms with Crippen LogP contribution in [0.3, 0.4) is 0 Å². The third-order valence-electron chi connectivity index (χ3n) is 3.69. The highest BCUT2D eigenvalue weighted by Crippen LogP contribution is 2.36. The van der Waals surface area contributed by atoms with Gasteiger partial charge in [-0.3, -0.25) is 9.59 Å². The summed E-state index contributed by atoms with van der Waals surface area (Å²) in [6.45, 7) is 0.0346. The number of piperazine rings is 1. The summed E-state index contributed by atoms with van der Waals surface area (Å²) >= 11 is 5.98. The molecular formula is C14H15ClN2O3. The van der Waals surface area contributed by atoms with Crippen LogP contribution in [0.25, 0.3) is 0 Å². The van der Waals surface area contributed by atoms with Gasteiger partial charge in [0.25, 0.3) is 0 Å². The van der Waals surface area contributed by atoms with Crippen LogP contribution in [0, 0.1) is 5.92 Å². The fraction of sp³-hybridized carbons (Fsp3) is 0.429. The first-order valence-electron chi connectivity index (χ1n) is 6.54. The number of hydrogen-bond donors (Lipinski definition) is 1. The first-order chi connectivity index (χ1) is 9.60. The van der Waals surface area contributed by atoms with Gasteiger partial charge < -0.3 is 15.0 Å². The highest BCUT2D eigenvalue weighted by molar-refractivity contribution is 6.32. The number of benzene rings is 1. The van der Waals surface area contributed by atoms with Crippen molar-refractivity contribution in [2.75, 3.05) is 18.6 Å². The van der Waals surface area contributed by atoms with Gasteiger partial charge in [-0.25, -0.2) is 0 Å². The third-order valence-corrected chi connectivity index (χ3v) is 4.00. The van der Waals surface area contributed by atoms with Crippen molar-refractivity contribution in [1.29, 1.82) is 0 Å². The molecule has 1 N–H and O–H groups in total. The molecule has 106 valence electrons. The molecule has 6 heteroatoms. The standard InChI is InChI=1S/C14H15ClN2O3/c1-20-11-6-9(4-5-10(11)15)17-7-12(18)16-13(14(17)19)8-2-3-8/h4-6,8,13H,2-3,7H2,1H3,(H,16,18). The van der Waals surface area contributed by atoms with E-state index < -0.39 is 6.04 Å². The van der Waals surface area contributed by atoms with Gasteiger partial charge in [0.15, 0.2) is 0 Å². The molecule has 1 aromatic carbocycles.